The zero-order valence-corrected chi connectivity index (χ0v) is 11.2. The minimum absolute atomic E-state index is 0.154. The first-order valence-electron chi connectivity index (χ1n) is 6.67. The molecule has 2 heterocycles. The van der Waals surface area contributed by atoms with Gasteiger partial charge in [0.15, 0.2) is 0 Å². The molecular formula is C16H13FN2O2. The summed E-state index contributed by atoms with van der Waals surface area (Å²) in [6.07, 6.45) is 3.71. The van der Waals surface area contributed by atoms with Crippen molar-refractivity contribution in [2.24, 2.45) is 0 Å². The molecule has 1 aromatic heterocycles. The van der Waals surface area contributed by atoms with Gasteiger partial charge in [0, 0.05) is 24.5 Å². The van der Waals surface area contributed by atoms with Crippen LogP contribution in [-0.4, -0.2) is 28.1 Å². The lowest BCUT2D eigenvalue weighted by atomic mass is 9.93. The molecule has 0 N–H and O–H groups in total. The van der Waals surface area contributed by atoms with Crippen LogP contribution in [0.15, 0.2) is 48.8 Å². The van der Waals surface area contributed by atoms with Crippen LogP contribution in [-0.2, 0) is 4.79 Å². The van der Waals surface area contributed by atoms with Gasteiger partial charge in [0.1, 0.15) is 5.82 Å². The van der Waals surface area contributed by atoms with E-state index in [0.29, 0.717) is 6.54 Å². The monoisotopic (exact) mass is 284 g/mol. The highest BCUT2D eigenvalue weighted by molar-refractivity contribution is 6.42. The summed E-state index contributed by atoms with van der Waals surface area (Å²) in [7, 11) is 0. The first-order valence-corrected chi connectivity index (χ1v) is 6.67. The quantitative estimate of drug-likeness (QED) is 0.642. The first kappa shape index (κ1) is 13.4. The Morgan fingerprint density at radius 1 is 1.19 bits per heavy atom. The second-order valence-corrected chi connectivity index (χ2v) is 4.93. The number of ketones is 1. The molecule has 1 atom stereocenters. The molecule has 0 bridgehead atoms. The van der Waals surface area contributed by atoms with Gasteiger partial charge in [-0.15, -0.1) is 0 Å². The molecule has 1 amide bonds. The summed E-state index contributed by atoms with van der Waals surface area (Å²) in [6.45, 7) is 0.535. The number of amides is 1. The van der Waals surface area contributed by atoms with E-state index in [-0.39, 0.29) is 17.4 Å². The van der Waals surface area contributed by atoms with Crippen LogP contribution in [0.25, 0.3) is 0 Å². The number of rotatable bonds is 3. The van der Waals surface area contributed by atoms with E-state index in [1.807, 2.05) is 0 Å². The molecule has 1 aromatic carbocycles. The molecule has 0 unspecified atom stereocenters. The second-order valence-electron chi connectivity index (χ2n) is 4.93. The fraction of sp³-hybridized carbons (Fsp3) is 0.188. The van der Waals surface area contributed by atoms with Crippen LogP contribution in [0, 0.1) is 5.82 Å². The number of carbonyl (C=O) groups excluding carboxylic acids is 2. The van der Waals surface area contributed by atoms with E-state index >= 15 is 0 Å². The maximum Gasteiger partial charge on any atom is 0.295 e. The molecule has 1 fully saturated rings. The summed E-state index contributed by atoms with van der Waals surface area (Å²) < 4.78 is 12.9. The van der Waals surface area contributed by atoms with E-state index in [2.05, 4.69) is 4.98 Å². The largest absolute Gasteiger partial charge is 0.329 e. The third-order valence-corrected chi connectivity index (χ3v) is 3.65. The Kier molecular flexibility index (Phi) is 3.48. The molecule has 1 aliphatic heterocycles. The number of aromatic nitrogens is 1. The molecule has 0 saturated carbocycles. The molecule has 0 aliphatic carbocycles. The van der Waals surface area contributed by atoms with E-state index in [1.54, 1.807) is 30.5 Å². The number of likely N-dealkylation sites (tertiary alicyclic amines) is 1. The van der Waals surface area contributed by atoms with Crippen molar-refractivity contribution in [2.45, 2.75) is 12.5 Å². The molecule has 1 saturated heterocycles. The van der Waals surface area contributed by atoms with E-state index in [0.717, 1.165) is 12.0 Å². The average Bonchev–Trinajstić information content (AvgIpc) is 2.48. The second kappa shape index (κ2) is 5.44. The number of halogens is 1. The van der Waals surface area contributed by atoms with Gasteiger partial charge in [-0.25, -0.2) is 4.39 Å². The SMILES string of the molecule is O=C(C(=O)N1CC[C@@H]1c1ccc(F)cc1)c1cccnc1. The van der Waals surface area contributed by atoms with Gasteiger partial charge in [0.25, 0.3) is 11.7 Å². The van der Waals surface area contributed by atoms with Crippen LogP contribution in [0.3, 0.4) is 0 Å². The Morgan fingerprint density at radius 2 is 1.95 bits per heavy atom. The van der Waals surface area contributed by atoms with Crippen LogP contribution in [0.4, 0.5) is 4.39 Å². The number of hydrogen-bond acceptors (Lipinski definition) is 3. The minimum Gasteiger partial charge on any atom is -0.329 e. The maximum absolute atomic E-state index is 12.9. The third-order valence-electron chi connectivity index (χ3n) is 3.65. The Hall–Kier alpha value is -2.56. The Labute approximate surface area is 121 Å². The van der Waals surface area contributed by atoms with E-state index in [9.17, 15) is 14.0 Å². The lowest BCUT2D eigenvalue weighted by Crippen LogP contribution is -2.48. The maximum atomic E-state index is 12.9. The van der Waals surface area contributed by atoms with Crippen molar-refractivity contribution in [3.8, 4) is 0 Å². The predicted molar refractivity (Wildman–Crippen MR) is 74.0 cm³/mol. The molecule has 2 aromatic rings. The molecule has 1 aliphatic rings. The number of nitrogens with zero attached hydrogens (tertiary/aromatic N) is 2. The minimum atomic E-state index is -0.560. The lowest BCUT2D eigenvalue weighted by Gasteiger charge is -2.40. The third kappa shape index (κ3) is 2.54. The highest BCUT2D eigenvalue weighted by Crippen LogP contribution is 2.33. The van der Waals surface area contributed by atoms with Crippen LogP contribution in [0.1, 0.15) is 28.4 Å². The van der Waals surface area contributed by atoms with Gasteiger partial charge in [-0.2, -0.15) is 0 Å². The van der Waals surface area contributed by atoms with Crippen molar-refractivity contribution < 1.29 is 14.0 Å². The van der Waals surface area contributed by atoms with Gasteiger partial charge in [0.2, 0.25) is 0 Å². The Balaban J connectivity index is 1.76. The predicted octanol–water partition coefficient (Wildman–Crippen LogP) is 2.38. The molecule has 0 spiro atoms. The summed E-state index contributed by atoms with van der Waals surface area (Å²) in [5.41, 5.74) is 1.13. The van der Waals surface area contributed by atoms with Crippen molar-refractivity contribution in [3.63, 3.8) is 0 Å². The number of hydrogen-bond donors (Lipinski definition) is 0. The smallest absolute Gasteiger partial charge is 0.295 e. The van der Waals surface area contributed by atoms with Crippen LogP contribution >= 0.6 is 0 Å². The molecule has 106 valence electrons. The van der Waals surface area contributed by atoms with Gasteiger partial charge < -0.3 is 4.90 Å². The van der Waals surface area contributed by atoms with E-state index in [4.69, 9.17) is 0 Å². The normalized spacial score (nSPS) is 17.2. The van der Waals surface area contributed by atoms with E-state index < -0.39 is 11.7 Å². The van der Waals surface area contributed by atoms with Gasteiger partial charge >= 0.3 is 0 Å². The molecular weight excluding hydrogens is 271 g/mol. The highest BCUT2D eigenvalue weighted by atomic mass is 19.1. The molecule has 0 radical (unpaired) electrons. The molecule has 3 rings (SSSR count). The van der Waals surface area contributed by atoms with Crippen molar-refractivity contribution in [1.29, 1.82) is 0 Å². The lowest BCUT2D eigenvalue weighted by molar-refractivity contribution is -0.134. The van der Waals surface area contributed by atoms with Crippen molar-refractivity contribution in [2.75, 3.05) is 6.54 Å². The summed E-state index contributed by atoms with van der Waals surface area (Å²) in [5.74, 6) is -1.42. The summed E-state index contributed by atoms with van der Waals surface area (Å²) in [6, 6.07) is 9.05. The zero-order valence-electron chi connectivity index (χ0n) is 11.2. The summed E-state index contributed by atoms with van der Waals surface area (Å²) in [4.78, 5) is 29.7. The van der Waals surface area contributed by atoms with Crippen molar-refractivity contribution >= 4 is 11.7 Å². The van der Waals surface area contributed by atoms with Crippen LogP contribution in [0.2, 0.25) is 0 Å². The summed E-state index contributed by atoms with van der Waals surface area (Å²) >= 11 is 0. The van der Waals surface area contributed by atoms with Crippen LogP contribution < -0.4 is 0 Å². The Morgan fingerprint density at radius 3 is 2.52 bits per heavy atom. The summed E-state index contributed by atoms with van der Waals surface area (Å²) in [5, 5.41) is 0. The molecule has 5 heteroatoms. The topological polar surface area (TPSA) is 50.3 Å². The number of pyridine rings is 1. The molecule has 21 heavy (non-hydrogen) atoms. The van der Waals surface area contributed by atoms with Crippen LogP contribution in [0.5, 0.6) is 0 Å². The van der Waals surface area contributed by atoms with Gasteiger partial charge in [-0.1, -0.05) is 12.1 Å². The highest BCUT2D eigenvalue weighted by Gasteiger charge is 2.36. The van der Waals surface area contributed by atoms with Gasteiger partial charge in [-0.3, -0.25) is 14.6 Å². The fourth-order valence-electron chi connectivity index (χ4n) is 2.41. The zero-order chi connectivity index (χ0) is 14.8. The number of Topliss-reactive ketones (excluding diaryl/α,β-unsaturated/α-hetero) is 1. The number of benzene rings is 1. The van der Waals surface area contributed by atoms with E-state index in [1.165, 1.54) is 23.2 Å². The first-order chi connectivity index (χ1) is 10.2. The molecule has 4 nitrogen and oxygen atoms in total. The Bertz CT molecular complexity index is 670. The van der Waals surface area contributed by atoms with Crippen molar-refractivity contribution in [1.82, 2.24) is 9.88 Å². The standard InChI is InChI=1S/C16H13FN2O2/c17-13-5-3-11(4-6-13)14-7-9-19(14)16(21)15(20)12-2-1-8-18-10-12/h1-6,8,10,14H,7,9H2/t14-/m1/s1. The van der Waals surface area contributed by atoms with Crippen molar-refractivity contribution in [3.05, 3.63) is 65.7 Å². The van der Waals surface area contributed by atoms with Gasteiger partial charge in [0.05, 0.1) is 6.04 Å². The fourth-order valence-corrected chi connectivity index (χ4v) is 2.41. The average molecular weight is 284 g/mol. The van der Waals surface area contributed by atoms with Gasteiger partial charge in [-0.05, 0) is 36.2 Å². The number of carbonyl (C=O) groups is 2.